The average molecular weight is 249 g/mol. The van der Waals surface area contributed by atoms with Gasteiger partial charge in [-0.3, -0.25) is 0 Å². The highest BCUT2D eigenvalue weighted by Gasteiger charge is 2.40. The van der Waals surface area contributed by atoms with E-state index in [1.165, 1.54) is 30.8 Å². The van der Waals surface area contributed by atoms with Gasteiger partial charge in [-0.1, -0.05) is 6.42 Å². The summed E-state index contributed by atoms with van der Waals surface area (Å²) >= 11 is 0. The van der Waals surface area contributed by atoms with Crippen LogP contribution >= 0.6 is 0 Å². The number of nitrogens with zero attached hydrogens (tertiary/aromatic N) is 1. The molecule has 1 saturated carbocycles. The van der Waals surface area contributed by atoms with Gasteiger partial charge in [0, 0.05) is 43.0 Å². The number of hydrogen-bond donors (Lipinski definition) is 2. The fourth-order valence-electron chi connectivity index (χ4n) is 3.26. The molecule has 2 heterocycles. The molecule has 0 bridgehead atoms. The molecule has 3 rings (SSSR count). The maximum Gasteiger partial charge on any atom is 0.113 e. The van der Waals surface area contributed by atoms with Gasteiger partial charge in [-0.15, -0.1) is 0 Å². The number of imidazole rings is 1. The van der Waals surface area contributed by atoms with Gasteiger partial charge in [0.1, 0.15) is 5.82 Å². The van der Waals surface area contributed by atoms with Crippen molar-refractivity contribution in [3.05, 3.63) is 17.7 Å². The van der Waals surface area contributed by atoms with Gasteiger partial charge < -0.3 is 15.0 Å². The first kappa shape index (κ1) is 12.2. The van der Waals surface area contributed by atoms with Gasteiger partial charge >= 0.3 is 0 Å². The van der Waals surface area contributed by atoms with Crippen molar-refractivity contribution in [1.29, 1.82) is 0 Å². The van der Waals surface area contributed by atoms with Crippen LogP contribution in [0.5, 0.6) is 0 Å². The molecule has 1 aliphatic carbocycles. The summed E-state index contributed by atoms with van der Waals surface area (Å²) in [5.74, 6) is 1.82. The van der Waals surface area contributed by atoms with Crippen LogP contribution in [0.1, 0.15) is 49.5 Å². The number of H-pyrrole nitrogens is 1. The zero-order valence-corrected chi connectivity index (χ0v) is 11.2. The van der Waals surface area contributed by atoms with Crippen molar-refractivity contribution in [2.75, 3.05) is 26.8 Å². The lowest BCUT2D eigenvalue weighted by molar-refractivity contribution is 0.0845. The van der Waals surface area contributed by atoms with E-state index in [4.69, 9.17) is 4.74 Å². The van der Waals surface area contributed by atoms with Crippen LogP contribution in [0.2, 0.25) is 0 Å². The summed E-state index contributed by atoms with van der Waals surface area (Å²) in [5.41, 5.74) is 1.59. The second-order valence-electron chi connectivity index (χ2n) is 5.74. The lowest BCUT2D eigenvalue weighted by Gasteiger charge is -2.40. The largest absolute Gasteiger partial charge is 0.381 e. The maximum atomic E-state index is 5.42. The lowest BCUT2D eigenvalue weighted by atomic mass is 9.68. The van der Waals surface area contributed by atoms with E-state index >= 15 is 0 Å². The predicted octanol–water partition coefficient (Wildman–Crippen LogP) is 1.94. The minimum absolute atomic E-state index is 0.276. The number of aromatic amines is 1. The molecule has 4 heteroatoms. The van der Waals surface area contributed by atoms with Crippen LogP contribution in [0.15, 0.2) is 6.20 Å². The molecule has 0 amide bonds. The third-order valence-electron chi connectivity index (χ3n) is 4.58. The maximum absolute atomic E-state index is 5.42. The highest BCUT2D eigenvalue weighted by atomic mass is 16.5. The number of aromatic nitrogens is 2. The highest BCUT2D eigenvalue weighted by molar-refractivity contribution is 5.19. The Morgan fingerprint density at radius 3 is 2.83 bits per heavy atom. The molecule has 1 aromatic heterocycles. The molecule has 100 valence electrons. The number of likely N-dealkylation sites (N-methyl/N-ethyl adjacent to an activating group) is 1. The van der Waals surface area contributed by atoms with Crippen molar-refractivity contribution in [3.63, 3.8) is 0 Å². The van der Waals surface area contributed by atoms with Crippen molar-refractivity contribution in [3.8, 4) is 0 Å². The molecule has 2 aliphatic rings. The summed E-state index contributed by atoms with van der Waals surface area (Å²) in [4.78, 5) is 8.27. The standard InChI is InChI=1S/C14H23N3O/c1-15-10-14(5-2-6-14)13-16-9-12(17-13)11-3-7-18-8-4-11/h9,11,15H,2-8,10H2,1H3,(H,16,17). The van der Waals surface area contributed by atoms with E-state index in [2.05, 4.69) is 21.5 Å². The first-order chi connectivity index (χ1) is 8.84. The van der Waals surface area contributed by atoms with Crippen molar-refractivity contribution in [2.24, 2.45) is 0 Å². The molecule has 2 fully saturated rings. The molecule has 1 saturated heterocycles. The van der Waals surface area contributed by atoms with E-state index in [9.17, 15) is 0 Å². The van der Waals surface area contributed by atoms with Crippen LogP contribution in [0.25, 0.3) is 0 Å². The Kier molecular flexibility index (Phi) is 3.39. The van der Waals surface area contributed by atoms with Crippen LogP contribution in [-0.4, -0.2) is 36.8 Å². The first-order valence-electron chi connectivity index (χ1n) is 7.12. The second-order valence-corrected chi connectivity index (χ2v) is 5.74. The summed E-state index contributed by atoms with van der Waals surface area (Å²) in [6, 6.07) is 0. The highest BCUT2D eigenvalue weighted by Crippen LogP contribution is 2.42. The van der Waals surface area contributed by atoms with Gasteiger partial charge in [-0.05, 0) is 32.7 Å². The number of hydrogen-bond acceptors (Lipinski definition) is 3. The predicted molar refractivity (Wildman–Crippen MR) is 70.8 cm³/mol. The zero-order chi connectivity index (χ0) is 12.4. The van der Waals surface area contributed by atoms with Crippen molar-refractivity contribution in [2.45, 2.75) is 43.4 Å². The fraction of sp³-hybridized carbons (Fsp3) is 0.786. The SMILES string of the molecule is CNCC1(c2ncc(C3CCOCC3)[nH]2)CCC1. The Bertz CT molecular complexity index is 391. The van der Waals surface area contributed by atoms with E-state index in [1.807, 2.05) is 7.05 Å². The van der Waals surface area contributed by atoms with E-state index in [-0.39, 0.29) is 5.41 Å². The van der Waals surface area contributed by atoms with E-state index in [0.29, 0.717) is 5.92 Å². The van der Waals surface area contributed by atoms with Crippen LogP contribution in [-0.2, 0) is 10.2 Å². The Morgan fingerprint density at radius 1 is 1.44 bits per heavy atom. The average Bonchev–Trinajstić information content (AvgIpc) is 2.84. The lowest BCUT2D eigenvalue weighted by Crippen LogP contribution is -2.43. The van der Waals surface area contributed by atoms with Crippen molar-refractivity contribution >= 4 is 0 Å². The van der Waals surface area contributed by atoms with Gasteiger partial charge in [0.25, 0.3) is 0 Å². The first-order valence-corrected chi connectivity index (χ1v) is 7.12. The quantitative estimate of drug-likeness (QED) is 0.857. The number of nitrogens with one attached hydrogen (secondary N) is 2. The molecule has 0 spiro atoms. The van der Waals surface area contributed by atoms with Gasteiger partial charge in [0.05, 0.1) is 0 Å². The summed E-state index contributed by atoms with van der Waals surface area (Å²) in [6.45, 7) is 2.81. The van der Waals surface area contributed by atoms with Crippen molar-refractivity contribution < 1.29 is 4.74 Å². The van der Waals surface area contributed by atoms with E-state index in [0.717, 1.165) is 32.6 Å². The molecule has 2 N–H and O–H groups in total. The third kappa shape index (κ3) is 2.08. The summed E-state index contributed by atoms with van der Waals surface area (Å²) < 4.78 is 5.42. The van der Waals surface area contributed by atoms with Crippen molar-refractivity contribution in [1.82, 2.24) is 15.3 Å². The normalized spacial score (nSPS) is 23.8. The molecule has 1 aromatic rings. The molecule has 1 aliphatic heterocycles. The molecule has 0 atom stereocenters. The van der Waals surface area contributed by atoms with Crippen LogP contribution in [0.3, 0.4) is 0 Å². The monoisotopic (exact) mass is 249 g/mol. The van der Waals surface area contributed by atoms with Gasteiger partial charge in [-0.25, -0.2) is 4.98 Å². The van der Waals surface area contributed by atoms with Crippen LogP contribution in [0.4, 0.5) is 0 Å². The minimum Gasteiger partial charge on any atom is -0.381 e. The van der Waals surface area contributed by atoms with Gasteiger partial charge in [0.2, 0.25) is 0 Å². The smallest absolute Gasteiger partial charge is 0.113 e. The van der Waals surface area contributed by atoms with Gasteiger partial charge in [0.15, 0.2) is 0 Å². The summed E-state index contributed by atoms with van der Waals surface area (Å²) in [7, 11) is 2.03. The minimum atomic E-state index is 0.276. The molecule has 0 radical (unpaired) electrons. The second kappa shape index (κ2) is 5.02. The molecule has 0 aromatic carbocycles. The fourth-order valence-corrected chi connectivity index (χ4v) is 3.26. The molecule has 4 nitrogen and oxygen atoms in total. The number of ether oxygens (including phenoxy) is 1. The summed E-state index contributed by atoms with van der Waals surface area (Å²) in [5, 5.41) is 3.32. The Morgan fingerprint density at radius 2 is 2.22 bits per heavy atom. The molecule has 18 heavy (non-hydrogen) atoms. The number of rotatable bonds is 4. The van der Waals surface area contributed by atoms with E-state index < -0.39 is 0 Å². The topological polar surface area (TPSA) is 49.9 Å². The summed E-state index contributed by atoms with van der Waals surface area (Å²) in [6.07, 6.45) is 8.15. The molecule has 0 unspecified atom stereocenters. The van der Waals surface area contributed by atoms with Crippen LogP contribution in [0, 0.1) is 0 Å². The zero-order valence-electron chi connectivity index (χ0n) is 11.2. The van der Waals surface area contributed by atoms with Crippen LogP contribution < -0.4 is 5.32 Å². The Balaban J connectivity index is 1.75. The Labute approximate surface area is 109 Å². The Hall–Kier alpha value is -0.870. The molecular weight excluding hydrogens is 226 g/mol. The van der Waals surface area contributed by atoms with Gasteiger partial charge in [-0.2, -0.15) is 0 Å². The third-order valence-corrected chi connectivity index (χ3v) is 4.58. The van der Waals surface area contributed by atoms with E-state index in [1.54, 1.807) is 0 Å². The molecular formula is C14H23N3O.